The van der Waals surface area contributed by atoms with Crippen LogP contribution in [-0.2, 0) is 23.6 Å². The maximum Gasteiger partial charge on any atom is 0.332 e. The molecule has 0 unspecified atom stereocenters. The van der Waals surface area contributed by atoms with Crippen LogP contribution in [0.25, 0.3) is 0 Å². The number of anilines is 1. The summed E-state index contributed by atoms with van der Waals surface area (Å²) >= 11 is 1.37. The monoisotopic (exact) mass is 434 g/mol. The molecule has 1 saturated heterocycles. The fourth-order valence-electron chi connectivity index (χ4n) is 3.32. The van der Waals surface area contributed by atoms with Gasteiger partial charge in [0.15, 0.2) is 6.61 Å². The summed E-state index contributed by atoms with van der Waals surface area (Å²) in [6.45, 7) is 0.183. The lowest BCUT2D eigenvalue weighted by Crippen LogP contribution is -2.42. The number of ether oxygens (including phenoxy) is 1. The van der Waals surface area contributed by atoms with Crippen molar-refractivity contribution < 1.29 is 19.1 Å². The molecule has 1 aliphatic rings. The highest BCUT2D eigenvalue weighted by molar-refractivity contribution is 7.12. The van der Waals surface area contributed by atoms with E-state index in [-0.39, 0.29) is 17.3 Å². The zero-order chi connectivity index (χ0) is 22.0. The van der Waals surface area contributed by atoms with E-state index in [0.29, 0.717) is 30.8 Å². The van der Waals surface area contributed by atoms with Crippen LogP contribution in [0.15, 0.2) is 27.1 Å². The Labute approximate surface area is 175 Å². The van der Waals surface area contributed by atoms with E-state index in [2.05, 4.69) is 0 Å². The van der Waals surface area contributed by atoms with Crippen molar-refractivity contribution in [3.8, 4) is 0 Å². The average Bonchev–Trinajstić information content (AvgIpc) is 3.29. The van der Waals surface area contributed by atoms with Crippen LogP contribution in [0.3, 0.4) is 0 Å². The van der Waals surface area contributed by atoms with Crippen molar-refractivity contribution in [1.82, 2.24) is 14.0 Å². The first kappa shape index (κ1) is 21.5. The number of aromatic nitrogens is 2. The second kappa shape index (κ2) is 8.66. The summed E-state index contributed by atoms with van der Waals surface area (Å²) in [5.41, 5.74) is 3.86. The maximum absolute atomic E-state index is 12.4. The van der Waals surface area contributed by atoms with E-state index in [9.17, 15) is 24.0 Å². The Morgan fingerprint density at radius 3 is 2.43 bits per heavy atom. The van der Waals surface area contributed by atoms with Crippen LogP contribution in [0.1, 0.15) is 32.9 Å². The number of nitrogen functional groups attached to an aromatic ring is 1. The summed E-state index contributed by atoms with van der Waals surface area (Å²) in [5, 5.41) is 1.83. The third kappa shape index (κ3) is 4.06. The number of likely N-dealkylation sites (tertiary alicyclic amines) is 1. The summed E-state index contributed by atoms with van der Waals surface area (Å²) in [6.07, 6.45) is 0.849. The number of nitrogens with two attached hydrogens (primary N) is 1. The molecule has 2 aromatic heterocycles. The Kier molecular flexibility index (Phi) is 6.20. The van der Waals surface area contributed by atoms with Gasteiger partial charge in [-0.3, -0.25) is 28.3 Å². The summed E-state index contributed by atoms with van der Waals surface area (Å²) in [4.78, 5) is 63.5. The predicted molar refractivity (Wildman–Crippen MR) is 110 cm³/mol. The van der Waals surface area contributed by atoms with Crippen LogP contribution in [0.5, 0.6) is 0 Å². The van der Waals surface area contributed by atoms with Gasteiger partial charge in [-0.1, -0.05) is 6.07 Å². The summed E-state index contributed by atoms with van der Waals surface area (Å²) in [5.74, 6) is -2.11. The zero-order valence-electron chi connectivity index (χ0n) is 16.6. The second-order valence-corrected chi connectivity index (χ2v) is 7.99. The Bertz CT molecular complexity index is 1090. The summed E-state index contributed by atoms with van der Waals surface area (Å²) in [7, 11) is 2.57. The number of hydrogen-bond donors (Lipinski definition) is 1. The molecular formula is C19H22N4O6S. The predicted octanol–water partition coefficient (Wildman–Crippen LogP) is 0.00600. The first-order valence-corrected chi connectivity index (χ1v) is 10.2. The molecule has 0 saturated carbocycles. The molecule has 2 aromatic rings. The quantitative estimate of drug-likeness (QED) is 0.517. The number of rotatable bonds is 5. The second-order valence-electron chi connectivity index (χ2n) is 7.04. The number of ketones is 1. The van der Waals surface area contributed by atoms with E-state index in [1.165, 1.54) is 25.4 Å². The Balaban J connectivity index is 1.58. The molecule has 0 atom stereocenters. The van der Waals surface area contributed by atoms with E-state index >= 15 is 0 Å². The molecule has 1 aliphatic heterocycles. The normalized spacial score (nSPS) is 14.5. The van der Waals surface area contributed by atoms with Crippen molar-refractivity contribution in [2.45, 2.75) is 12.8 Å². The highest BCUT2D eigenvalue weighted by Crippen LogP contribution is 2.22. The van der Waals surface area contributed by atoms with Crippen molar-refractivity contribution in [3.63, 3.8) is 0 Å². The first-order valence-electron chi connectivity index (χ1n) is 9.30. The van der Waals surface area contributed by atoms with Gasteiger partial charge in [0, 0.05) is 27.2 Å². The Hall–Kier alpha value is -3.21. The van der Waals surface area contributed by atoms with Crippen molar-refractivity contribution in [1.29, 1.82) is 0 Å². The van der Waals surface area contributed by atoms with Gasteiger partial charge in [-0.2, -0.15) is 0 Å². The number of nitrogens with zero attached hydrogens (tertiary/aromatic N) is 3. The third-order valence-electron chi connectivity index (χ3n) is 5.18. The van der Waals surface area contributed by atoms with Crippen LogP contribution < -0.4 is 17.0 Å². The van der Waals surface area contributed by atoms with Gasteiger partial charge in [-0.05, 0) is 24.3 Å². The summed E-state index contributed by atoms with van der Waals surface area (Å²) < 4.78 is 6.86. The topological polar surface area (TPSA) is 134 Å². The van der Waals surface area contributed by atoms with Crippen LogP contribution in [0.2, 0.25) is 0 Å². The molecule has 30 heavy (non-hydrogen) atoms. The SMILES string of the molecule is Cn1c(N)c(C(=O)COC(=O)C2CCN(C(=O)c3cccs3)CC2)c(=O)n(C)c1=O. The van der Waals surface area contributed by atoms with Crippen LogP contribution in [0, 0.1) is 5.92 Å². The van der Waals surface area contributed by atoms with E-state index in [4.69, 9.17) is 10.5 Å². The van der Waals surface area contributed by atoms with Crippen LogP contribution >= 0.6 is 11.3 Å². The lowest BCUT2D eigenvalue weighted by atomic mass is 9.97. The number of carbonyl (C=O) groups is 3. The maximum atomic E-state index is 12.4. The van der Waals surface area contributed by atoms with Crippen molar-refractivity contribution >= 4 is 34.8 Å². The number of thiophene rings is 1. The minimum Gasteiger partial charge on any atom is -0.457 e. The van der Waals surface area contributed by atoms with Gasteiger partial charge in [-0.25, -0.2) is 4.79 Å². The molecule has 1 amide bonds. The van der Waals surface area contributed by atoms with Gasteiger partial charge in [0.05, 0.1) is 10.8 Å². The molecule has 0 radical (unpaired) electrons. The highest BCUT2D eigenvalue weighted by Gasteiger charge is 2.30. The number of esters is 1. The van der Waals surface area contributed by atoms with Gasteiger partial charge >= 0.3 is 11.7 Å². The molecular weight excluding hydrogens is 412 g/mol. The van der Waals surface area contributed by atoms with Crippen LogP contribution in [0.4, 0.5) is 5.82 Å². The van der Waals surface area contributed by atoms with Gasteiger partial charge in [0.1, 0.15) is 11.4 Å². The lowest BCUT2D eigenvalue weighted by Gasteiger charge is -2.30. The van der Waals surface area contributed by atoms with Crippen molar-refractivity contribution in [2.75, 3.05) is 25.4 Å². The van der Waals surface area contributed by atoms with Crippen molar-refractivity contribution in [3.05, 3.63) is 48.8 Å². The molecule has 3 rings (SSSR count). The molecule has 11 heteroatoms. The number of hydrogen-bond acceptors (Lipinski definition) is 8. The molecule has 1 fully saturated rings. The number of piperidine rings is 1. The smallest absolute Gasteiger partial charge is 0.332 e. The van der Waals surface area contributed by atoms with E-state index in [1.54, 1.807) is 11.0 Å². The van der Waals surface area contributed by atoms with Crippen molar-refractivity contribution in [2.24, 2.45) is 20.0 Å². The molecule has 0 spiro atoms. The van der Waals surface area contributed by atoms with E-state index < -0.39 is 35.5 Å². The minimum absolute atomic E-state index is 0.0620. The van der Waals surface area contributed by atoms with Gasteiger partial charge in [0.2, 0.25) is 5.78 Å². The average molecular weight is 434 g/mol. The fourth-order valence-corrected chi connectivity index (χ4v) is 4.01. The molecule has 160 valence electrons. The lowest BCUT2D eigenvalue weighted by molar-refractivity contribution is -0.148. The number of Topliss-reactive ketones (excluding diaryl/α,β-unsaturated/α-hetero) is 1. The Morgan fingerprint density at radius 2 is 1.83 bits per heavy atom. The third-order valence-corrected chi connectivity index (χ3v) is 6.04. The van der Waals surface area contributed by atoms with E-state index in [1.807, 2.05) is 11.4 Å². The molecule has 0 aliphatic carbocycles. The minimum atomic E-state index is -0.836. The first-order chi connectivity index (χ1) is 14.2. The van der Waals surface area contributed by atoms with E-state index in [0.717, 1.165) is 9.13 Å². The number of amides is 1. The standard InChI is InChI=1S/C19H22N4O6S/c1-21-15(20)14(17(26)22(2)19(21)28)12(24)10-29-18(27)11-5-7-23(8-6-11)16(25)13-4-3-9-30-13/h3-4,9,11H,5-8,10,20H2,1-2H3. The highest BCUT2D eigenvalue weighted by atomic mass is 32.1. The molecule has 0 aromatic carbocycles. The van der Waals surface area contributed by atoms with Gasteiger partial charge in [-0.15, -0.1) is 11.3 Å². The molecule has 10 nitrogen and oxygen atoms in total. The molecule has 0 bridgehead atoms. The number of carbonyl (C=O) groups excluding carboxylic acids is 3. The Morgan fingerprint density at radius 1 is 1.17 bits per heavy atom. The fraction of sp³-hybridized carbons (Fsp3) is 0.421. The molecule has 3 heterocycles. The van der Waals surface area contributed by atoms with Gasteiger partial charge < -0.3 is 15.4 Å². The molecule has 2 N–H and O–H groups in total. The summed E-state index contributed by atoms with van der Waals surface area (Å²) in [6, 6.07) is 3.57. The largest absolute Gasteiger partial charge is 0.457 e. The zero-order valence-corrected chi connectivity index (χ0v) is 17.4. The van der Waals surface area contributed by atoms with Gasteiger partial charge in [0.25, 0.3) is 11.5 Å². The van der Waals surface area contributed by atoms with Crippen LogP contribution in [-0.4, -0.2) is 51.4 Å².